The number of methoxy groups -OCH3 is 1. The summed E-state index contributed by atoms with van der Waals surface area (Å²) in [6.07, 6.45) is -1.26. The monoisotopic (exact) mass is 499 g/mol. The van der Waals surface area contributed by atoms with Gasteiger partial charge in [0.15, 0.2) is 5.84 Å². The minimum Gasteiger partial charge on any atom is -0.497 e. The second-order valence-electron chi connectivity index (χ2n) is 8.50. The van der Waals surface area contributed by atoms with Gasteiger partial charge in [-0.1, -0.05) is 0 Å². The number of aliphatic imine (C=N–C) groups is 1. The molecule has 10 nitrogen and oxygen atoms in total. The number of amidine groups is 1. The Bertz CT molecular complexity index is 979. The summed E-state index contributed by atoms with van der Waals surface area (Å²) in [6.45, 7) is 0.760. The molecule has 192 valence electrons. The smallest absolute Gasteiger partial charge is 0.416 e. The Kier molecular flexibility index (Phi) is 8.52. The lowest BCUT2D eigenvalue weighted by Crippen LogP contribution is -2.45. The molecular weight excluding hydrogens is 471 g/mol. The first-order chi connectivity index (χ1) is 16.6. The molecule has 3 rings (SSSR count). The van der Waals surface area contributed by atoms with Crippen LogP contribution in [0.2, 0.25) is 0 Å². The van der Waals surface area contributed by atoms with E-state index >= 15 is 0 Å². The second kappa shape index (κ2) is 11.4. The first-order valence-electron chi connectivity index (χ1n) is 11.3. The number of nitro groups is 1. The molecule has 2 aliphatic heterocycles. The predicted octanol–water partition coefficient (Wildman–Crippen LogP) is 2.80. The van der Waals surface area contributed by atoms with E-state index in [4.69, 9.17) is 4.74 Å². The van der Waals surface area contributed by atoms with E-state index in [2.05, 4.69) is 10.3 Å². The fraction of sp³-hybridized carbons (Fsp3) is 0.591. The third-order valence-electron chi connectivity index (χ3n) is 5.89. The van der Waals surface area contributed by atoms with Gasteiger partial charge in [0, 0.05) is 36.3 Å². The molecule has 1 aromatic carbocycles. The number of likely N-dealkylation sites (tertiary alicyclic amines) is 2. The number of hydrogen-bond donors (Lipinski definition) is 1. The quantitative estimate of drug-likeness (QED) is 0.267. The topological polar surface area (TPSA) is 117 Å². The fourth-order valence-electron chi connectivity index (χ4n) is 4.13. The van der Waals surface area contributed by atoms with Crippen molar-refractivity contribution in [3.8, 4) is 5.75 Å². The summed E-state index contributed by atoms with van der Waals surface area (Å²) < 4.78 is 44.7. The summed E-state index contributed by atoms with van der Waals surface area (Å²) >= 11 is 0. The van der Waals surface area contributed by atoms with Crippen LogP contribution in [0.4, 0.5) is 18.9 Å². The third kappa shape index (κ3) is 7.30. The number of halogens is 3. The number of amides is 2. The number of nitrogens with one attached hydrogen (secondary N) is 1. The average molecular weight is 499 g/mol. The van der Waals surface area contributed by atoms with Gasteiger partial charge < -0.3 is 19.9 Å². The lowest BCUT2D eigenvalue weighted by molar-refractivity contribution is -0.463. The zero-order chi connectivity index (χ0) is 25.6. The van der Waals surface area contributed by atoms with E-state index in [-0.39, 0.29) is 29.7 Å². The maximum Gasteiger partial charge on any atom is 0.416 e. The molecule has 13 heteroatoms. The van der Waals surface area contributed by atoms with Crippen molar-refractivity contribution in [1.82, 2.24) is 9.80 Å². The van der Waals surface area contributed by atoms with Gasteiger partial charge >= 0.3 is 6.18 Å². The molecule has 0 radical (unpaired) electrons. The predicted molar refractivity (Wildman–Crippen MR) is 121 cm³/mol. The van der Waals surface area contributed by atoms with Crippen LogP contribution in [0.15, 0.2) is 23.2 Å². The van der Waals surface area contributed by atoms with Gasteiger partial charge in [0.25, 0.3) is 6.54 Å². The van der Waals surface area contributed by atoms with Gasteiger partial charge in [0.05, 0.1) is 19.2 Å². The normalized spacial score (nSPS) is 19.5. The van der Waals surface area contributed by atoms with Crippen molar-refractivity contribution >= 4 is 23.3 Å². The minimum atomic E-state index is -4.66. The van der Waals surface area contributed by atoms with Gasteiger partial charge in [0.2, 0.25) is 11.8 Å². The highest BCUT2D eigenvalue weighted by atomic mass is 19.4. The highest BCUT2D eigenvalue weighted by molar-refractivity contribution is 5.98. The highest BCUT2D eigenvalue weighted by Gasteiger charge is 2.33. The molecule has 0 spiro atoms. The van der Waals surface area contributed by atoms with Crippen LogP contribution in [0.3, 0.4) is 0 Å². The van der Waals surface area contributed by atoms with Crippen LogP contribution in [0.25, 0.3) is 0 Å². The molecule has 2 amide bonds. The zero-order valence-corrected chi connectivity index (χ0v) is 19.3. The number of anilines is 1. The molecule has 0 bridgehead atoms. The highest BCUT2D eigenvalue weighted by Crippen LogP contribution is 2.34. The SMILES string of the molecule is COc1cc(NC(C[N+](=O)[O-])=NC2CCCCN(CC(=O)N3CCCC3)C2=O)cc(C(F)(F)F)c1. The number of carbonyl (C=O) groups is 2. The van der Waals surface area contributed by atoms with E-state index in [1.807, 2.05) is 0 Å². The minimum absolute atomic E-state index is 0.0896. The summed E-state index contributed by atoms with van der Waals surface area (Å²) in [5.41, 5.74) is -1.11. The van der Waals surface area contributed by atoms with Gasteiger partial charge in [-0.2, -0.15) is 13.2 Å². The Hall–Kier alpha value is -3.38. The molecule has 2 heterocycles. The van der Waals surface area contributed by atoms with E-state index < -0.39 is 35.2 Å². The lowest BCUT2D eigenvalue weighted by atomic mass is 10.1. The van der Waals surface area contributed by atoms with Crippen molar-refractivity contribution in [2.45, 2.75) is 44.3 Å². The van der Waals surface area contributed by atoms with Crippen LogP contribution >= 0.6 is 0 Å². The number of nitrogens with zero attached hydrogens (tertiary/aromatic N) is 4. The molecule has 0 aliphatic carbocycles. The van der Waals surface area contributed by atoms with E-state index in [0.29, 0.717) is 38.9 Å². The van der Waals surface area contributed by atoms with Crippen molar-refractivity contribution in [2.75, 3.05) is 45.2 Å². The van der Waals surface area contributed by atoms with Crippen LogP contribution in [0.5, 0.6) is 5.75 Å². The number of ether oxygens (including phenoxy) is 1. The fourth-order valence-corrected chi connectivity index (χ4v) is 4.13. The number of carbonyl (C=O) groups excluding carboxylic acids is 2. The lowest BCUT2D eigenvalue weighted by Gasteiger charge is -2.25. The van der Waals surface area contributed by atoms with Gasteiger partial charge in [0.1, 0.15) is 11.8 Å². The zero-order valence-electron chi connectivity index (χ0n) is 19.3. The molecule has 35 heavy (non-hydrogen) atoms. The second-order valence-corrected chi connectivity index (χ2v) is 8.50. The Labute approximate surface area is 200 Å². The van der Waals surface area contributed by atoms with Gasteiger partial charge in [-0.05, 0) is 44.2 Å². The molecular formula is C22H28F3N5O5. The van der Waals surface area contributed by atoms with Gasteiger partial charge in [-0.15, -0.1) is 0 Å². The molecule has 0 saturated carbocycles. The Morgan fingerprint density at radius 3 is 2.51 bits per heavy atom. The number of benzene rings is 1. The molecule has 2 saturated heterocycles. The molecule has 1 atom stereocenters. The Morgan fingerprint density at radius 1 is 1.20 bits per heavy atom. The van der Waals surface area contributed by atoms with E-state index in [0.717, 1.165) is 25.0 Å². The first kappa shape index (κ1) is 26.2. The van der Waals surface area contributed by atoms with Crippen molar-refractivity contribution in [1.29, 1.82) is 0 Å². The number of alkyl halides is 3. The van der Waals surface area contributed by atoms with Crippen LogP contribution in [-0.4, -0.2) is 78.2 Å². The van der Waals surface area contributed by atoms with Crippen LogP contribution < -0.4 is 10.1 Å². The van der Waals surface area contributed by atoms with Crippen LogP contribution in [-0.2, 0) is 15.8 Å². The van der Waals surface area contributed by atoms with Gasteiger partial charge in [-0.3, -0.25) is 24.7 Å². The largest absolute Gasteiger partial charge is 0.497 e. The van der Waals surface area contributed by atoms with Crippen molar-refractivity contribution in [2.24, 2.45) is 4.99 Å². The average Bonchev–Trinajstić information content (AvgIpc) is 3.28. The summed E-state index contributed by atoms with van der Waals surface area (Å²) in [5.74, 6) is -0.943. The molecule has 1 N–H and O–H groups in total. The van der Waals surface area contributed by atoms with Crippen molar-refractivity contribution < 1.29 is 32.4 Å². The van der Waals surface area contributed by atoms with Crippen molar-refractivity contribution in [3.05, 3.63) is 33.9 Å². The molecule has 2 aliphatic rings. The summed E-state index contributed by atoms with van der Waals surface area (Å²) in [6, 6.07) is 1.85. The Morgan fingerprint density at radius 2 is 1.89 bits per heavy atom. The van der Waals surface area contributed by atoms with E-state index in [1.165, 1.54) is 18.1 Å². The molecule has 1 unspecified atom stereocenters. The number of rotatable bonds is 7. The number of hydrogen-bond acceptors (Lipinski definition) is 6. The maximum atomic E-state index is 13.3. The van der Waals surface area contributed by atoms with Gasteiger partial charge in [-0.25, -0.2) is 0 Å². The van der Waals surface area contributed by atoms with E-state index in [9.17, 15) is 32.9 Å². The standard InChI is InChI=1S/C22H28F3N5O5/c1-35-17-11-15(22(23,24)25)10-16(12-17)26-19(13-30(33)34)27-18-6-2-3-9-29(21(18)32)14-20(31)28-7-4-5-8-28/h10-12,18H,2-9,13-14H2,1H3,(H,26,27). The molecule has 0 aromatic heterocycles. The summed E-state index contributed by atoms with van der Waals surface area (Å²) in [7, 11) is 1.20. The molecule has 2 fully saturated rings. The third-order valence-corrected chi connectivity index (χ3v) is 5.89. The summed E-state index contributed by atoms with van der Waals surface area (Å²) in [4.78, 5) is 43.6. The Balaban J connectivity index is 1.83. The maximum absolute atomic E-state index is 13.3. The van der Waals surface area contributed by atoms with Crippen molar-refractivity contribution in [3.63, 3.8) is 0 Å². The van der Waals surface area contributed by atoms with E-state index in [1.54, 1.807) is 4.90 Å². The molecule has 1 aromatic rings. The summed E-state index contributed by atoms with van der Waals surface area (Å²) in [5, 5.41) is 13.8. The first-order valence-corrected chi connectivity index (χ1v) is 11.3. The van der Waals surface area contributed by atoms with Crippen LogP contribution in [0, 0.1) is 10.1 Å². The van der Waals surface area contributed by atoms with Crippen LogP contribution in [0.1, 0.15) is 37.7 Å².